The number of aromatic nitrogens is 1. The Morgan fingerprint density at radius 3 is 3.00 bits per heavy atom. The van der Waals surface area contributed by atoms with E-state index in [0.29, 0.717) is 12.0 Å². The number of halogens is 1. The van der Waals surface area contributed by atoms with Crippen LogP contribution < -0.4 is 0 Å². The summed E-state index contributed by atoms with van der Waals surface area (Å²) in [4.78, 5) is 13.8. The maximum atomic E-state index is 10.5. The molecule has 1 rings (SSSR count). The van der Waals surface area contributed by atoms with Gasteiger partial charge in [0.05, 0.1) is 4.92 Å². The topological polar surface area (TPSA) is 56.0 Å². The number of pyridine rings is 1. The zero-order valence-corrected chi connectivity index (χ0v) is 7.86. The Morgan fingerprint density at radius 2 is 2.46 bits per heavy atom. The summed E-state index contributed by atoms with van der Waals surface area (Å²) in [5.41, 5.74) is 0.664. The first-order valence-electron chi connectivity index (χ1n) is 3.82. The molecule has 1 unspecified atom stereocenters. The summed E-state index contributed by atoms with van der Waals surface area (Å²) in [6.07, 6.45) is 3.26. The van der Waals surface area contributed by atoms with E-state index >= 15 is 0 Å². The van der Waals surface area contributed by atoms with Crippen LogP contribution in [0.5, 0.6) is 0 Å². The van der Waals surface area contributed by atoms with Crippen LogP contribution in [0.15, 0.2) is 18.5 Å². The van der Waals surface area contributed by atoms with Gasteiger partial charge in [0.15, 0.2) is 0 Å². The van der Waals surface area contributed by atoms with E-state index in [1.54, 1.807) is 13.0 Å². The van der Waals surface area contributed by atoms with Crippen LogP contribution in [-0.2, 0) is 6.42 Å². The Kier molecular flexibility index (Phi) is 3.19. The molecule has 1 aromatic rings. The molecule has 0 bridgehead atoms. The highest BCUT2D eigenvalue weighted by atomic mass is 35.5. The Balaban J connectivity index is 2.98. The van der Waals surface area contributed by atoms with E-state index in [9.17, 15) is 10.1 Å². The van der Waals surface area contributed by atoms with Gasteiger partial charge >= 0.3 is 0 Å². The van der Waals surface area contributed by atoms with Crippen LogP contribution in [0.4, 0.5) is 5.69 Å². The molecule has 0 amide bonds. The third kappa shape index (κ3) is 2.66. The first-order chi connectivity index (χ1) is 6.11. The molecule has 0 aromatic carbocycles. The predicted molar refractivity (Wildman–Crippen MR) is 49.9 cm³/mol. The first-order valence-corrected chi connectivity index (χ1v) is 4.26. The second-order valence-corrected chi connectivity index (χ2v) is 3.49. The van der Waals surface area contributed by atoms with Crippen LogP contribution >= 0.6 is 11.6 Å². The summed E-state index contributed by atoms with van der Waals surface area (Å²) < 4.78 is 0. The number of nitrogens with zero attached hydrogens (tertiary/aromatic N) is 2. The van der Waals surface area contributed by atoms with Crippen molar-refractivity contribution in [3.05, 3.63) is 34.1 Å². The summed E-state index contributed by atoms with van der Waals surface area (Å²) in [5.74, 6) is 0. The lowest BCUT2D eigenvalue weighted by molar-refractivity contribution is -0.385. The molecule has 13 heavy (non-hydrogen) atoms. The zero-order valence-electron chi connectivity index (χ0n) is 7.11. The lowest BCUT2D eigenvalue weighted by Gasteiger charge is -2.02. The molecule has 1 atom stereocenters. The van der Waals surface area contributed by atoms with E-state index < -0.39 is 4.92 Å². The van der Waals surface area contributed by atoms with Crippen LogP contribution in [0.2, 0.25) is 0 Å². The molecule has 70 valence electrons. The normalized spacial score (nSPS) is 12.5. The first kappa shape index (κ1) is 9.92. The van der Waals surface area contributed by atoms with Crippen LogP contribution in [0.25, 0.3) is 0 Å². The number of hydrogen-bond acceptors (Lipinski definition) is 3. The van der Waals surface area contributed by atoms with Crippen molar-refractivity contribution in [2.24, 2.45) is 0 Å². The van der Waals surface area contributed by atoms with Gasteiger partial charge in [-0.1, -0.05) is 0 Å². The summed E-state index contributed by atoms with van der Waals surface area (Å²) in [6, 6.07) is 1.62. The second-order valence-electron chi connectivity index (χ2n) is 2.75. The van der Waals surface area contributed by atoms with Gasteiger partial charge in [-0.25, -0.2) is 0 Å². The zero-order chi connectivity index (χ0) is 9.84. The molecular weight excluding hydrogens is 192 g/mol. The number of alkyl halides is 1. The summed E-state index contributed by atoms with van der Waals surface area (Å²) >= 11 is 5.75. The lowest BCUT2D eigenvalue weighted by Crippen LogP contribution is -2.02. The maximum absolute atomic E-state index is 10.5. The van der Waals surface area contributed by atoms with Gasteiger partial charge in [-0.15, -0.1) is 11.6 Å². The smallest absolute Gasteiger partial charge is 0.258 e. The summed E-state index contributed by atoms with van der Waals surface area (Å²) in [6.45, 7) is 1.80. The number of hydrogen-bond donors (Lipinski definition) is 0. The fourth-order valence-electron chi connectivity index (χ4n) is 1.05. The van der Waals surface area contributed by atoms with Gasteiger partial charge < -0.3 is 0 Å². The van der Waals surface area contributed by atoms with Crippen LogP contribution in [0, 0.1) is 10.1 Å². The Labute approximate surface area is 80.7 Å². The van der Waals surface area contributed by atoms with E-state index in [1.807, 2.05) is 0 Å². The van der Waals surface area contributed by atoms with Crippen molar-refractivity contribution in [1.29, 1.82) is 0 Å². The second kappa shape index (κ2) is 4.18. The van der Waals surface area contributed by atoms with Gasteiger partial charge in [0, 0.05) is 17.1 Å². The van der Waals surface area contributed by atoms with Crippen molar-refractivity contribution in [3.63, 3.8) is 0 Å². The minimum absolute atomic E-state index is 0.0370. The maximum Gasteiger partial charge on any atom is 0.290 e. The van der Waals surface area contributed by atoms with Gasteiger partial charge in [0.25, 0.3) is 5.69 Å². The number of rotatable bonds is 3. The molecule has 0 spiro atoms. The van der Waals surface area contributed by atoms with Crippen molar-refractivity contribution >= 4 is 17.3 Å². The van der Waals surface area contributed by atoms with Crippen LogP contribution in [0.1, 0.15) is 12.5 Å². The Hall–Kier alpha value is -1.16. The molecule has 0 aliphatic carbocycles. The molecule has 5 heteroatoms. The van der Waals surface area contributed by atoms with Crippen molar-refractivity contribution in [2.75, 3.05) is 0 Å². The summed E-state index contributed by atoms with van der Waals surface area (Å²) in [5, 5.41) is 10.4. The van der Waals surface area contributed by atoms with E-state index in [-0.39, 0.29) is 11.1 Å². The van der Waals surface area contributed by atoms with Crippen molar-refractivity contribution in [2.45, 2.75) is 18.7 Å². The molecule has 0 N–H and O–H groups in total. The van der Waals surface area contributed by atoms with Crippen LogP contribution in [-0.4, -0.2) is 15.3 Å². The monoisotopic (exact) mass is 200 g/mol. The predicted octanol–water partition coefficient (Wildman–Crippen LogP) is 2.16. The fourth-order valence-corrected chi connectivity index (χ4v) is 1.22. The molecule has 4 nitrogen and oxygen atoms in total. The lowest BCUT2D eigenvalue weighted by atomic mass is 10.1. The van der Waals surface area contributed by atoms with Crippen LogP contribution in [0.3, 0.4) is 0 Å². The quantitative estimate of drug-likeness (QED) is 0.427. The van der Waals surface area contributed by atoms with Crippen molar-refractivity contribution in [3.8, 4) is 0 Å². The molecule has 0 radical (unpaired) electrons. The van der Waals surface area contributed by atoms with Gasteiger partial charge in [0.2, 0.25) is 0 Å². The SMILES string of the molecule is CC(Cl)Cc1ccncc1[N+](=O)[O-]. The molecule has 1 aromatic heterocycles. The van der Waals surface area contributed by atoms with Gasteiger partial charge in [-0.2, -0.15) is 0 Å². The third-order valence-electron chi connectivity index (χ3n) is 1.59. The standard InChI is InChI=1S/C8H9ClN2O2/c1-6(9)4-7-2-3-10-5-8(7)11(12)13/h2-3,5-6H,4H2,1H3. The van der Waals surface area contributed by atoms with Crippen molar-refractivity contribution in [1.82, 2.24) is 4.98 Å². The fraction of sp³-hybridized carbons (Fsp3) is 0.375. The van der Waals surface area contributed by atoms with E-state index in [1.165, 1.54) is 12.4 Å². The molecule has 1 heterocycles. The number of nitro groups is 1. The third-order valence-corrected chi connectivity index (χ3v) is 1.74. The Morgan fingerprint density at radius 1 is 1.77 bits per heavy atom. The minimum Gasteiger partial charge on any atom is -0.258 e. The largest absolute Gasteiger partial charge is 0.290 e. The average molecular weight is 201 g/mol. The highest BCUT2D eigenvalue weighted by Crippen LogP contribution is 2.19. The molecular formula is C8H9ClN2O2. The van der Waals surface area contributed by atoms with E-state index in [0.717, 1.165) is 0 Å². The van der Waals surface area contributed by atoms with E-state index in [4.69, 9.17) is 11.6 Å². The molecule has 0 saturated carbocycles. The highest BCUT2D eigenvalue weighted by molar-refractivity contribution is 6.20. The van der Waals surface area contributed by atoms with E-state index in [2.05, 4.69) is 4.98 Å². The van der Waals surface area contributed by atoms with Gasteiger partial charge in [-0.3, -0.25) is 15.1 Å². The summed E-state index contributed by atoms with van der Waals surface area (Å²) in [7, 11) is 0. The van der Waals surface area contributed by atoms with Gasteiger partial charge in [-0.05, 0) is 19.4 Å². The molecule has 0 fully saturated rings. The highest BCUT2D eigenvalue weighted by Gasteiger charge is 2.14. The molecule has 0 saturated heterocycles. The van der Waals surface area contributed by atoms with Gasteiger partial charge in [0.1, 0.15) is 6.20 Å². The van der Waals surface area contributed by atoms with Crippen molar-refractivity contribution < 1.29 is 4.92 Å². The average Bonchev–Trinajstić information content (AvgIpc) is 2.03. The molecule has 0 aliphatic heterocycles. The Bertz CT molecular complexity index is 315. The molecule has 0 aliphatic rings. The minimum atomic E-state index is -0.443.